The summed E-state index contributed by atoms with van der Waals surface area (Å²) in [6.07, 6.45) is 1.53. The number of rotatable bonds is 11. The molecule has 0 radical (unpaired) electrons. The molecule has 224 valence electrons. The molecule has 4 rings (SSSR count). The number of thioether (sulfide) groups is 1. The van der Waals surface area contributed by atoms with Gasteiger partial charge in [0.25, 0.3) is 11.8 Å². The number of hydrogen-bond acceptors (Lipinski definition) is 6. The van der Waals surface area contributed by atoms with Gasteiger partial charge in [-0.3, -0.25) is 14.4 Å². The number of hydrogen-bond donors (Lipinski definition) is 4. The van der Waals surface area contributed by atoms with E-state index in [-0.39, 0.29) is 27.9 Å². The fraction of sp³-hybridized carbons (Fsp3) is 0.0909. The first-order valence-electron chi connectivity index (χ1n) is 13.3. The van der Waals surface area contributed by atoms with Crippen LogP contribution < -0.4 is 20.7 Å². The number of halogens is 1. The maximum atomic E-state index is 13.5. The Morgan fingerprint density at radius 2 is 1.59 bits per heavy atom. The van der Waals surface area contributed by atoms with Crippen molar-refractivity contribution >= 4 is 64.5 Å². The number of anilines is 2. The summed E-state index contributed by atoms with van der Waals surface area (Å²) >= 11 is 7.38. The van der Waals surface area contributed by atoms with E-state index < -0.39 is 23.0 Å². The highest BCUT2D eigenvalue weighted by Crippen LogP contribution is 2.29. The Morgan fingerprint density at radius 1 is 0.864 bits per heavy atom. The standard InChI is InChI=1S/C33H28ClN3O6S/c1-20(30(38)36-27-18-23(33(41)42)15-16-26(27)34)44-25-13-8-12-24(19-25)35-32(40)28(17-22-11-6-7-14-29(22)43-2)37-31(39)21-9-4-3-5-10-21/h3-20H,1-2H3,(H,35,40)(H,36,38)(H,37,39)(H,41,42)/b28-17+. The highest BCUT2D eigenvalue weighted by Gasteiger charge is 2.19. The van der Waals surface area contributed by atoms with Gasteiger partial charge in [0, 0.05) is 21.7 Å². The number of para-hydroxylation sites is 1. The largest absolute Gasteiger partial charge is 0.496 e. The lowest BCUT2D eigenvalue weighted by Gasteiger charge is -2.15. The summed E-state index contributed by atoms with van der Waals surface area (Å²) in [6.45, 7) is 1.69. The van der Waals surface area contributed by atoms with Crippen LogP contribution in [-0.4, -0.2) is 41.2 Å². The number of ether oxygens (including phenoxy) is 1. The maximum absolute atomic E-state index is 13.5. The molecule has 1 atom stereocenters. The van der Waals surface area contributed by atoms with Gasteiger partial charge in [0.05, 0.1) is 28.6 Å². The van der Waals surface area contributed by atoms with Gasteiger partial charge in [-0.15, -0.1) is 11.8 Å². The van der Waals surface area contributed by atoms with Crippen LogP contribution in [0.3, 0.4) is 0 Å². The average molecular weight is 630 g/mol. The fourth-order valence-corrected chi connectivity index (χ4v) is 5.07. The zero-order valence-electron chi connectivity index (χ0n) is 23.7. The van der Waals surface area contributed by atoms with E-state index in [0.29, 0.717) is 27.5 Å². The number of nitrogens with one attached hydrogen (secondary N) is 3. The Bertz CT molecular complexity index is 1730. The van der Waals surface area contributed by atoms with Crippen molar-refractivity contribution in [1.29, 1.82) is 0 Å². The van der Waals surface area contributed by atoms with Crippen LogP contribution in [0.25, 0.3) is 6.08 Å². The Labute approximate surface area is 263 Å². The molecule has 0 heterocycles. The highest BCUT2D eigenvalue weighted by atomic mass is 35.5. The van der Waals surface area contributed by atoms with Gasteiger partial charge in [-0.25, -0.2) is 4.79 Å². The molecule has 4 aromatic rings. The van der Waals surface area contributed by atoms with E-state index in [2.05, 4.69) is 16.0 Å². The molecule has 0 saturated heterocycles. The van der Waals surface area contributed by atoms with Gasteiger partial charge in [-0.05, 0) is 67.6 Å². The van der Waals surface area contributed by atoms with E-state index in [4.69, 9.17) is 16.3 Å². The van der Waals surface area contributed by atoms with Crippen LogP contribution in [0.15, 0.2) is 108 Å². The van der Waals surface area contributed by atoms with Gasteiger partial charge in [0.2, 0.25) is 5.91 Å². The van der Waals surface area contributed by atoms with E-state index in [0.717, 1.165) is 0 Å². The quantitative estimate of drug-likeness (QED) is 0.109. The first kappa shape index (κ1) is 31.9. The summed E-state index contributed by atoms with van der Waals surface area (Å²) in [6, 6.07) is 26.6. The van der Waals surface area contributed by atoms with Gasteiger partial charge < -0.3 is 25.8 Å². The second kappa shape index (κ2) is 14.9. The molecule has 11 heteroatoms. The molecule has 0 aliphatic carbocycles. The van der Waals surface area contributed by atoms with Crippen molar-refractivity contribution in [3.63, 3.8) is 0 Å². The lowest BCUT2D eigenvalue weighted by atomic mass is 10.1. The number of amides is 3. The van der Waals surface area contributed by atoms with Crippen LogP contribution in [0, 0.1) is 0 Å². The molecule has 0 aliphatic heterocycles. The molecule has 0 aromatic heterocycles. The Balaban J connectivity index is 1.50. The summed E-state index contributed by atoms with van der Waals surface area (Å²) in [5.41, 5.74) is 1.59. The number of carboxylic acid groups (broad SMARTS) is 1. The first-order chi connectivity index (χ1) is 21.1. The smallest absolute Gasteiger partial charge is 0.335 e. The minimum absolute atomic E-state index is 0.00498. The van der Waals surface area contributed by atoms with Gasteiger partial charge in [0.1, 0.15) is 11.4 Å². The van der Waals surface area contributed by atoms with Crippen LogP contribution in [0.1, 0.15) is 33.2 Å². The Hall–Kier alpha value is -5.06. The van der Waals surface area contributed by atoms with Crippen molar-refractivity contribution in [2.24, 2.45) is 0 Å². The van der Waals surface area contributed by atoms with E-state index in [1.165, 1.54) is 43.1 Å². The number of carbonyl (C=O) groups is 4. The van der Waals surface area contributed by atoms with Gasteiger partial charge >= 0.3 is 5.97 Å². The minimum Gasteiger partial charge on any atom is -0.496 e. The summed E-state index contributed by atoms with van der Waals surface area (Å²) < 4.78 is 5.41. The second-order valence-corrected chi connectivity index (χ2v) is 11.2. The van der Waals surface area contributed by atoms with Crippen LogP contribution in [0.5, 0.6) is 5.75 Å². The van der Waals surface area contributed by atoms with Crippen LogP contribution in [0.2, 0.25) is 5.02 Å². The lowest BCUT2D eigenvalue weighted by molar-refractivity contribution is -0.115. The van der Waals surface area contributed by atoms with Crippen molar-refractivity contribution in [3.8, 4) is 5.75 Å². The number of aromatic carboxylic acids is 1. The van der Waals surface area contributed by atoms with Crippen LogP contribution >= 0.6 is 23.4 Å². The highest BCUT2D eigenvalue weighted by molar-refractivity contribution is 8.00. The van der Waals surface area contributed by atoms with Crippen molar-refractivity contribution in [1.82, 2.24) is 5.32 Å². The predicted octanol–water partition coefficient (Wildman–Crippen LogP) is 6.58. The third-order valence-corrected chi connectivity index (χ3v) is 7.64. The molecule has 9 nitrogen and oxygen atoms in total. The van der Waals surface area contributed by atoms with Gasteiger partial charge in [-0.2, -0.15) is 0 Å². The molecule has 4 N–H and O–H groups in total. The molecule has 4 aromatic carbocycles. The third-order valence-electron chi connectivity index (χ3n) is 6.21. The molecular weight excluding hydrogens is 602 g/mol. The normalized spacial score (nSPS) is 11.7. The molecule has 0 aliphatic rings. The van der Waals surface area contributed by atoms with Crippen molar-refractivity contribution in [3.05, 3.63) is 124 Å². The van der Waals surface area contributed by atoms with Crippen molar-refractivity contribution in [2.45, 2.75) is 17.1 Å². The van der Waals surface area contributed by atoms with E-state index in [1.54, 1.807) is 85.8 Å². The molecule has 0 bridgehead atoms. The predicted molar refractivity (Wildman–Crippen MR) is 172 cm³/mol. The average Bonchev–Trinajstić information content (AvgIpc) is 3.02. The van der Waals surface area contributed by atoms with E-state index >= 15 is 0 Å². The minimum atomic E-state index is -1.14. The number of carbonyl (C=O) groups excluding carboxylic acids is 3. The number of methoxy groups -OCH3 is 1. The van der Waals surface area contributed by atoms with Gasteiger partial charge in [-0.1, -0.05) is 54.1 Å². The topological polar surface area (TPSA) is 134 Å². The van der Waals surface area contributed by atoms with E-state index in [9.17, 15) is 24.3 Å². The fourth-order valence-electron chi connectivity index (χ4n) is 3.98. The molecule has 3 amide bonds. The zero-order chi connectivity index (χ0) is 31.6. The summed E-state index contributed by atoms with van der Waals surface area (Å²) in [5.74, 6) is -2.03. The third kappa shape index (κ3) is 8.50. The van der Waals surface area contributed by atoms with Crippen LogP contribution in [-0.2, 0) is 9.59 Å². The molecule has 0 saturated carbocycles. The SMILES string of the molecule is COc1ccccc1/C=C(/NC(=O)c1ccccc1)C(=O)Nc1cccc(SC(C)C(=O)Nc2cc(C(=O)O)ccc2Cl)c1. The molecule has 1 unspecified atom stereocenters. The Morgan fingerprint density at radius 3 is 2.32 bits per heavy atom. The first-order valence-corrected chi connectivity index (χ1v) is 14.5. The molecule has 44 heavy (non-hydrogen) atoms. The van der Waals surface area contributed by atoms with Crippen molar-refractivity contribution in [2.75, 3.05) is 17.7 Å². The van der Waals surface area contributed by atoms with E-state index in [1.807, 2.05) is 0 Å². The van der Waals surface area contributed by atoms with Crippen molar-refractivity contribution < 1.29 is 29.0 Å². The monoisotopic (exact) mass is 629 g/mol. The molecule has 0 fully saturated rings. The number of carboxylic acids is 1. The summed E-state index contributed by atoms with van der Waals surface area (Å²) in [4.78, 5) is 51.3. The zero-order valence-corrected chi connectivity index (χ0v) is 25.2. The Kier molecular flexibility index (Phi) is 10.8. The second-order valence-electron chi connectivity index (χ2n) is 9.35. The molecular formula is C33H28ClN3O6S. The number of benzene rings is 4. The van der Waals surface area contributed by atoms with Gasteiger partial charge in [0.15, 0.2) is 0 Å². The summed E-state index contributed by atoms with van der Waals surface area (Å²) in [5, 5.41) is 17.0. The maximum Gasteiger partial charge on any atom is 0.335 e. The summed E-state index contributed by atoms with van der Waals surface area (Å²) in [7, 11) is 1.52. The lowest BCUT2D eigenvalue weighted by Crippen LogP contribution is -2.30. The molecule has 0 spiro atoms. The van der Waals surface area contributed by atoms with Crippen LogP contribution in [0.4, 0.5) is 11.4 Å².